The summed E-state index contributed by atoms with van der Waals surface area (Å²) >= 11 is 0. The third-order valence-corrected chi connectivity index (χ3v) is 2.33. The lowest BCUT2D eigenvalue weighted by Gasteiger charge is -2.23. The van der Waals surface area contributed by atoms with Gasteiger partial charge in [0.15, 0.2) is 0 Å². The van der Waals surface area contributed by atoms with Crippen LogP contribution in [0.4, 0.5) is 10.1 Å². The first kappa shape index (κ1) is 13.4. The van der Waals surface area contributed by atoms with E-state index in [1.807, 2.05) is 6.07 Å². The van der Waals surface area contributed by atoms with Gasteiger partial charge in [-0.1, -0.05) is 0 Å². The molecule has 0 saturated carbocycles. The number of likely N-dealkylation sites (N-methyl/N-ethyl adjacent to an activating group) is 1. The van der Waals surface area contributed by atoms with E-state index in [1.165, 1.54) is 25.3 Å². The predicted molar refractivity (Wildman–Crippen MR) is 62.3 cm³/mol. The smallest absolute Gasteiger partial charge is 0.124 e. The molecule has 0 spiro atoms. The summed E-state index contributed by atoms with van der Waals surface area (Å²) in [6, 6.07) is 5.91. The van der Waals surface area contributed by atoms with E-state index in [9.17, 15) is 9.50 Å². The minimum atomic E-state index is -0.651. The standard InChI is InChI=1S/C12H15FN2O2/c1-15(7-11(16)8-17-2)12-4-3-10(13)5-9(12)6-14/h3-5,11,16H,7-8H2,1-2H3. The quantitative estimate of drug-likeness (QED) is 0.835. The van der Waals surface area contributed by atoms with Gasteiger partial charge >= 0.3 is 0 Å². The Balaban J connectivity index is 2.82. The summed E-state index contributed by atoms with van der Waals surface area (Å²) in [6.45, 7) is 0.529. The molecular weight excluding hydrogens is 223 g/mol. The first-order valence-electron chi connectivity index (χ1n) is 5.16. The Hall–Kier alpha value is -1.64. The Morgan fingerprint density at radius 1 is 1.59 bits per heavy atom. The summed E-state index contributed by atoms with van der Waals surface area (Å²) in [4.78, 5) is 1.70. The van der Waals surface area contributed by atoms with Crippen LogP contribution in [-0.4, -0.2) is 38.5 Å². The van der Waals surface area contributed by atoms with Crippen molar-refractivity contribution in [2.24, 2.45) is 0 Å². The number of rotatable bonds is 5. The second-order valence-electron chi connectivity index (χ2n) is 3.76. The van der Waals surface area contributed by atoms with Crippen LogP contribution in [0.3, 0.4) is 0 Å². The van der Waals surface area contributed by atoms with Crippen LogP contribution in [0.1, 0.15) is 5.56 Å². The van der Waals surface area contributed by atoms with Gasteiger partial charge in [-0.3, -0.25) is 0 Å². The Kier molecular flexibility index (Phi) is 4.88. The number of halogens is 1. The molecule has 0 aliphatic heterocycles. The highest BCUT2D eigenvalue weighted by molar-refractivity contribution is 5.58. The Labute approximate surface area is 99.8 Å². The molecule has 0 heterocycles. The van der Waals surface area contributed by atoms with Crippen molar-refractivity contribution >= 4 is 5.69 Å². The lowest BCUT2D eigenvalue weighted by molar-refractivity contribution is 0.0695. The number of hydrogen-bond acceptors (Lipinski definition) is 4. The number of aliphatic hydroxyl groups excluding tert-OH is 1. The van der Waals surface area contributed by atoms with Crippen molar-refractivity contribution in [2.45, 2.75) is 6.10 Å². The van der Waals surface area contributed by atoms with Gasteiger partial charge in [0.2, 0.25) is 0 Å². The van der Waals surface area contributed by atoms with Crippen LogP contribution >= 0.6 is 0 Å². The summed E-state index contributed by atoms with van der Waals surface area (Å²) in [5.74, 6) is -0.448. The minimum Gasteiger partial charge on any atom is -0.389 e. The zero-order valence-electron chi connectivity index (χ0n) is 9.85. The van der Waals surface area contributed by atoms with Crippen molar-refractivity contribution in [2.75, 3.05) is 32.2 Å². The molecule has 1 N–H and O–H groups in total. The third kappa shape index (κ3) is 3.70. The number of anilines is 1. The van der Waals surface area contributed by atoms with Crippen LogP contribution in [-0.2, 0) is 4.74 Å². The maximum Gasteiger partial charge on any atom is 0.124 e. The fourth-order valence-electron chi connectivity index (χ4n) is 1.59. The van der Waals surface area contributed by atoms with E-state index in [0.29, 0.717) is 12.2 Å². The first-order valence-corrected chi connectivity index (χ1v) is 5.16. The molecule has 4 nitrogen and oxygen atoms in total. The molecule has 17 heavy (non-hydrogen) atoms. The highest BCUT2D eigenvalue weighted by Gasteiger charge is 2.12. The maximum atomic E-state index is 12.9. The molecule has 1 rings (SSSR count). The van der Waals surface area contributed by atoms with Gasteiger partial charge in [-0.15, -0.1) is 0 Å². The van der Waals surface area contributed by atoms with Crippen molar-refractivity contribution in [3.05, 3.63) is 29.6 Å². The van der Waals surface area contributed by atoms with Crippen molar-refractivity contribution in [1.82, 2.24) is 0 Å². The molecule has 5 heteroatoms. The van der Waals surface area contributed by atoms with Gasteiger partial charge < -0.3 is 14.7 Å². The normalized spacial score (nSPS) is 11.9. The number of hydrogen-bond donors (Lipinski definition) is 1. The van der Waals surface area contributed by atoms with Gasteiger partial charge in [-0.05, 0) is 18.2 Å². The fraction of sp³-hybridized carbons (Fsp3) is 0.417. The Morgan fingerprint density at radius 3 is 2.88 bits per heavy atom. The fourth-order valence-corrected chi connectivity index (χ4v) is 1.59. The molecule has 1 aromatic carbocycles. The number of aliphatic hydroxyl groups is 1. The lowest BCUT2D eigenvalue weighted by atomic mass is 10.1. The zero-order chi connectivity index (χ0) is 12.8. The van der Waals surface area contributed by atoms with Crippen LogP contribution in [0.25, 0.3) is 0 Å². The van der Waals surface area contributed by atoms with Crippen LogP contribution < -0.4 is 4.90 Å². The van der Waals surface area contributed by atoms with Crippen molar-refractivity contribution in [3.8, 4) is 6.07 Å². The summed E-state index contributed by atoms with van der Waals surface area (Å²) in [5.41, 5.74) is 0.834. The number of benzene rings is 1. The molecule has 0 amide bonds. The molecule has 1 aromatic rings. The van der Waals surface area contributed by atoms with Crippen LogP contribution in [0.5, 0.6) is 0 Å². The molecular formula is C12H15FN2O2. The van der Waals surface area contributed by atoms with Crippen LogP contribution in [0, 0.1) is 17.1 Å². The van der Waals surface area contributed by atoms with E-state index < -0.39 is 11.9 Å². The predicted octanol–water partition coefficient (Wildman–Crippen LogP) is 1.14. The number of nitrogens with zero attached hydrogens (tertiary/aromatic N) is 2. The molecule has 0 aliphatic carbocycles. The van der Waals surface area contributed by atoms with Gasteiger partial charge in [0.1, 0.15) is 11.9 Å². The highest BCUT2D eigenvalue weighted by atomic mass is 19.1. The molecule has 0 aromatic heterocycles. The van der Waals surface area contributed by atoms with E-state index in [4.69, 9.17) is 10.00 Å². The summed E-state index contributed by atoms with van der Waals surface area (Å²) in [6.07, 6.45) is -0.651. The van der Waals surface area contributed by atoms with E-state index in [1.54, 1.807) is 11.9 Å². The largest absolute Gasteiger partial charge is 0.389 e. The third-order valence-electron chi connectivity index (χ3n) is 2.33. The van der Waals surface area contributed by atoms with Gasteiger partial charge in [0.25, 0.3) is 0 Å². The van der Waals surface area contributed by atoms with E-state index >= 15 is 0 Å². The van der Waals surface area contributed by atoms with Crippen LogP contribution in [0.15, 0.2) is 18.2 Å². The SMILES string of the molecule is COCC(O)CN(C)c1ccc(F)cc1C#N. The maximum absolute atomic E-state index is 12.9. The molecule has 1 unspecified atom stereocenters. The summed E-state index contributed by atoms with van der Waals surface area (Å²) < 4.78 is 17.8. The van der Waals surface area contributed by atoms with E-state index in [-0.39, 0.29) is 12.2 Å². The molecule has 92 valence electrons. The first-order chi connectivity index (χ1) is 8.08. The zero-order valence-corrected chi connectivity index (χ0v) is 9.85. The average molecular weight is 238 g/mol. The molecule has 0 bridgehead atoms. The van der Waals surface area contributed by atoms with Crippen LogP contribution in [0.2, 0.25) is 0 Å². The Morgan fingerprint density at radius 2 is 2.29 bits per heavy atom. The van der Waals surface area contributed by atoms with Crippen molar-refractivity contribution in [1.29, 1.82) is 5.26 Å². The second kappa shape index (κ2) is 6.18. The van der Waals surface area contributed by atoms with Gasteiger partial charge in [-0.2, -0.15) is 5.26 Å². The highest BCUT2D eigenvalue weighted by Crippen LogP contribution is 2.19. The van der Waals surface area contributed by atoms with Crippen molar-refractivity contribution < 1.29 is 14.2 Å². The summed E-state index contributed by atoms with van der Waals surface area (Å²) in [7, 11) is 3.23. The molecule has 0 saturated heterocycles. The van der Waals surface area contributed by atoms with E-state index in [0.717, 1.165) is 0 Å². The van der Waals surface area contributed by atoms with E-state index in [2.05, 4.69) is 0 Å². The lowest BCUT2D eigenvalue weighted by Crippen LogP contribution is -2.32. The van der Waals surface area contributed by atoms with Crippen molar-refractivity contribution in [3.63, 3.8) is 0 Å². The molecule has 1 atom stereocenters. The Bertz CT molecular complexity index is 417. The number of nitriles is 1. The molecule has 0 fully saturated rings. The topological polar surface area (TPSA) is 56.5 Å². The second-order valence-corrected chi connectivity index (χ2v) is 3.76. The minimum absolute atomic E-state index is 0.216. The average Bonchev–Trinajstić information content (AvgIpc) is 2.28. The van der Waals surface area contributed by atoms with Gasteiger partial charge in [0, 0.05) is 20.7 Å². The number of ether oxygens (including phenoxy) is 1. The van der Waals surface area contributed by atoms with Gasteiger partial charge in [-0.25, -0.2) is 4.39 Å². The van der Waals surface area contributed by atoms with Gasteiger partial charge in [0.05, 0.1) is 24.0 Å². The molecule has 0 aliphatic rings. The molecule has 0 radical (unpaired) electrons. The number of methoxy groups -OCH3 is 1. The monoisotopic (exact) mass is 238 g/mol. The summed E-state index contributed by atoms with van der Waals surface area (Å²) in [5, 5.41) is 18.5.